The lowest BCUT2D eigenvalue weighted by atomic mass is 10.0. The van der Waals surface area contributed by atoms with E-state index in [4.69, 9.17) is 0 Å². The number of rotatable bonds is 4. The highest BCUT2D eigenvalue weighted by Crippen LogP contribution is 2.16. The van der Waals surface area contributed by atoms with Crippen molar-refractivity contribution in [1.82, 2.24) is 15.1 Å². The van der Waals surface area contributed by atoms with Gasteiger partial charge in [-0.3, -0.25) is 9.59 Å². The smallest absolute Gasteiger partial charge is 0.246 e. The molecule has 5 nitrogen and oxygen atoms in total. The van der Waals surface area contributed by atoms with E-state index in [2.05, 4.69) is 37.4 Å². The minimum atomic E-state index is -0.334. The third-order valence-electron chi connectivity index (χ3n) is 5.47. The number of aryl methyl sites for hydroxylation is 3. The molecule has 0 aliphatic carbocycles. The van der Waals surface area contributed by atoms with Crippen LogP contribution in [0.15, 0.2) is 18.2 Å². The van der Waals surface area contributed by atoms with Crippen molar-refractivity contribution in [3.05, 3.63) is 34.9 Å². The van der Waals surface area contributed by atoms with Gasteiger partial charge >= 0.3 is 0 Å². The van der Waals surface area contributed by atoms with Gasteiger partial charge in [-0.2, -0.15) is 0 Å². The van der Waals surface area contributed by atoms with Crippen LogP contribution in [0.5, 0.6) is 0 Å². The second-order valence-corrected chi connectivity index (χ2v) is 7.26. The van der Waals surface area contributed by atoms with Crippen molar-refractivity contribution in [2.24, 2.45) is 0 Å². The molecule has 2 aliphatic rings. The van der Waals surface area contributed by atoms with Gasteiger partial charge in [0.1, 0.15) is 6.04 Å². The summed E-state index contributed by atoms with van der Waals surface area (Å²) in [5.74, 6) is 0.210. The van der Waals surface area contributed by atoms with Gasteiger partial charge in [-0.05, 0) is 49.8 Å². The summed E-state index contributed by atoms with van der Waals surface area (Å²) in [6.45, 7) is 7.82. The number of carbonyl (C=O) groups is 2. The standard InChI is InChI=1S/C20H29N3O2/c1-15-5-6-17(13-16(15)2)7-8-19(24)23-12-9-21-14-18(23)20(25)22-10-3-4-11-22/h5-6,13,18,21H,3-4,7-12,14H2,1-2H3/t18-/m1/s1. The first-order valence-electron chi connectivity index (χ1n) is 9.41. The van der Waals surface area contributed by atoms with Gasteiger partial charge in [-0.25, -0.2) is 0 Å². The van der Waals surface area contributed by atoms with Gasteiger partial charge in [0.25, 0.3) is 0 Å². The Hall–Kier alpha value is -1.88. The van der Waals surface area contributed by atoms with Crippen molar-refractivity contribution >= 4 is 11.8 Å². The van der Waals surface area contributed by atoms with E-state index in [1.54, 1.807) is 4.90 Å². The summed E-state index contributed by atoms with van der Waals surface area (Å²) in [6.07, 6.45) is 3.35. The fourth-order valence-electron chi connectivity index (χ4n) is 3.73. The van der Waals surface area contributed by atoms with E-state index in [9.17, 15) is 9.59 Å². The summed E-state index contributed by atoms with van der Waals surface area (Å²) in [7, 11) is 0. The van der Waals surface area contributed by atoms with Crippen LogP contribution in [0, 0.1) is 13.8 Å². The van der Waals surface area contributed by atoms with E-state index in [1.165, 1.54) is 16.7 Å². The molecule has 0 saturated carbocycles. The quantitative estimate of drug-likeness (QED) is 0.905. The van der Waals surface area contributed by atoms with Crippen LogP contribution in [0.3, 0.4) is 0 Å². The van der Waals surface area contributed by atoms with Crippen LogP contribution in [-0.2, 0) is 16.0 Å². The first-order valence-corrected chi connectivity index (χ1v) is 9.41. The molecule has 3 rings (SSSR count). The predicted molar refractivity (Wildman–Crippen MR) is 98.4 cm³/mol. The van der Waals surface area contributed by atoms with E-state index in [-0.39, 0.29) is 17.9 Å². The topological polar surface area (TPSA) is 52.7 Å². The maximum Gasteiger partial charge on any atom is 0.246 e. The summed E-state index contributed by atoms with van der Waals surface area (Å²) in [6, 6.07) is 6.03. The highest BCUT2D eigenvalue weighted by atomic mass is 16.2. The number of nitrogens with zero attached hydrogens (tertiary/aromatic N) is 2. The number of amides is 2. The van der Waals surface area contributed by atoms with Gasteiger partial charge in [0.05, 0.1) is 0 Å². The summed E-state index contributed by atoms with van der Waals surface area (Å²) in [4.78, 5) is 29.3. The van der Waals surface area contributed by atoms with Crippen LogP contribution >= 0.6 is 0 Å². The number of piperazine rings is 1. The number of benzene rings is 1. The van der Waals surface area contributed by atoms with E-state index in [0.29, 0.717) is 19.5 Å². The largest absolute Gasteiger partial charge is 0.341 e. The molecule has 1 aromatic rings. The van der Waals surface area contributed by atoms with Crippen molar-refractivity contribution in [3.8, 4) is 0 Å². The molecular formula is C20H29N3O2. The SMILES string of the molecule is Cc1ccc(CCC(=O)N2CCNC[C@@H]2C(=O)N2CCCC2)cc1C. The summed E-state index contributed by atoms with van der Waals surface area (Å²) >= 11 is 0. The Labute approximate surface area is 150 Å². The lowest BCUT2D eigenvalue weighted by Crippen LogP contribution is -2.59. The summed E-state index contributed by atoms with van der Waals surface area (Å²) in [5.41, 5.74) is 3.72. The van der Waals surface area contributed by atoms with Crippen LogP contribution in [0.4, 0.5) is 0 Å². The maximum absolute atomic E-state index is 12.8. The number of carbonyl (C=O) groups excluding carboxylic acids is 2. The van der Waals surface area contributed by atoms with E-state index in [1.807, 2.05) is 4.90 Å². The summed E-state index contributed by atoms with van der Waals surface area (Å²) < 4.78 is 0. The number of hydrogen-bond acceptors (Lipinski definition) is 3. The molecule has 25 heavy (non-hydrogen) atoms. The monoisotopic (exact) mass is 343 g/mol. The number of hydrogen-bond donors (Lipinski definition) is 1. The Morgan fingerprint density at radius 2 is 1.88 bits per heavy atom. The third-order valence-corrected chi connectivity index (χ3v) is 5.47. The molecule has 1 aromatic carbocycles. The van der Waals surface area contributed by atoms with Crippen molar-refractivity contribution in [1.29, 1.82) is 0 Å². The van der Waals surface area contributed by atoms with Crippen molar-refractivity contribution in [2.45, 2.75) is 45.6 Å². The molecular weight excluding hydrogens is 314 g/mol. The van der Waals surface area contributed by atoms with E-state index >= 15 is 0 Å². The normalized spacial score (nSPS) is 20.8. The number of likely N-dealkylation sites (tertiary alicyclic amines) is 1. The fraction of sp³-hybridized carbons (Fsp3) is 0.600. The Morgan fingerprint density at radius 3 is 2.60 bits per heavy atom. The molecule has 2 saturated heterocycles. The third kappa shape index (κ3) is 4.21. The molecule has 1 atom stereocenters. The second kappa shape index (κ2) is 8.00. The molecule has 0 spiro atoms. The summed E-state index contributed by atoms with van der Waals surface area (Å²) in [5, 5.41) is 3.27. The average molecular weight is 343 g/mol. The van der Waals surface area contributed by atoms with Gasteiger partial charge in [-0.1, -0.05) is 18.2 Å². The van der Waals surface area contributed by atoms with Crippen LogP contribution in [0.2, 0.25) is 0 Å². The molecule has 136 valence electrons. The molecule has 5 heteroatoms. The molecule has 2 aliphatic heterocycles. The van der Waals surface area contributed by atoms with E-state index < -0.39 is 0 Å². The first-order chi connectivity index (χ1) is 12.1. The fourth-order valence-corrected chi connectivity index (χ4v) is 3.73. The van der Waals surface area contributed by atoms with Gasteiger partial charge in [-0.15, -0.1) is 0 Å². The van der Waals surface area contributed by atoms with Gasteiger partial charge in [0.2, 0.25) is 11.8 Å². The molecule has 1 N–H and O–H groups in total. The molecule has 2 fully saturated rings. The number of nitrogens with one attached hydrogen (secondary N) is 1. The van der Waals surface area contributed by atoms with Crippen LogP contribution in [-0.4, -0.2) is 60.4 Å². The Bertz CT molecular complexity index is 638. The second-order valence-electron chi connectivity index (χ2n) is 7.26. The zero-order chi connectivity index (χ0) is 17.8. The molecule has 0 radical (unpaired) electrons. The van der Waals surface area contributed by atoms with Crippen LogP contribution in [0.25, 0.3) is 0 Å². The van der Waals surface area contributed by atoms with Crippen LogP contribution < -0.4 is 5.32 Å². The average Bonchev–Trinajstić information content (AvgIpc) is 3.16. The predicted octanol–water partition coefficient (Wildman–Crippen LogP) is 1.66. The van der Waals surface area contributed by atoms with Gasteiger partial charge in [0, 0.05) is 39.1 Å². The lowest BCUT2D eigenvalue weighted by molar-refractivity contribution is -0.146. The minimum Gasteiger partial charge on any atom is -0.341 e. The van der Waals surface area contributed by atoms with Crippen molar-refractivity contribution in [2.75, 3.05) is 32.7 Å². The Balaban J connectivity index is 1.62. The van der Waals surface area contributed by atoms with Crippen molar-refractivity contribution in [3.63, 3.8) is 0 Å². The Kier molecular flexibility index (Phi) is 5.74. The molecule has 0 aromatic heterocycles. The Morgan fingerprint density at radius 1 is 1.12 bits per heavy atom. The molecule has 2 heterocycles. The van der Waals surface area contributed by atoms with Crippen molar-refractivity contribution < 1.29 is 9.59 Å². The highest BCUT2D eigenvalue weighted by molar-refractivity contribution is 5.88. The van der Waals surface area contributed by atoms with E-state index in [0.717, 1.165) is 38.9 Å². The highest BCUT2D eigenvalue weighted by Gasteiger charge is 2.35. The zero-order valence-corrected chi connectivity index (χ0v) is 15.4. The van der Waals surface area contributed by atoms with Gasteiger partial charge in [0.15, 0.2) is 0 Å². The molecule has 2 amide bonds. The molecule has 0 bridgehead atoms. The molecule has 0 unspecified atom stereocenters. The lowest BCUT2D eigenvalue weighted by Gasteiger charge is -2.37. The first kappa shape index (κ1) is 17.9. The zero-order valence-electron chi connectivity index (χ0n) is 15.4. The minimum absolute atomic E-state index is 0.0947. The maximum atomic E-state index is 12.8. The van der Waals surface area contributed by atoms with Gasteiger partial charge < -0.3 is 15.1 Å². The van der Waals surface area contributed by atoms with Crippen LogP contribution in [0.1, 0.15) is 36.0 Å².